The number of hydrogen-bond acceptors (Lipinski definition) is 5. The van der Waals surface area contributed by atoms with Gasteiger partial charge >= 0.3 is 0 Å². The molecule has 0 bridgehead atoms. The zero-order chi connectivity index (χ0) is 19.7. The van der Waals surface area contributed by atoms with Gasteiger partial charge in [-0.3, -0.25) is 4.79 Å². The van der Waals surface area contributed by atoms with Crippen molar-refractivity contribution >= 4 is 34.3 Å². The lowest BCUT2D eigenvalue weighted by molar-refractivity contribution is 0.102. The maximum absolute atomic E-state index is 13.0. The maximum atomic E-state index is 13.0. The number of pyridine rings is 1. The van der Waals surface area contributed by atoms with Gasteiger partial charge in [0.25, 0.3) is 11.6 Å². The molecule has 0 aliphatic heterocycles. The summed E-state index contributed by atoms with van der Waals surface area (Å²) in [6.45, 7) is 1.77. The lowest BCUT2D eigenvalue weighted by Crippen LogP contribution is -2.13. The van der Waals surface area contributed by atoms with Gasteiger partial charge in [-0.2, -0.15) is 0 Å². The second-order valence-electron chi connectivity index (χ2n) is 6.17. The van der Waals surface area contributed by atoms with Crippen molar-refractivity contribution in [1.29, 1.82) is 0 Å². The van der Waals surface area contributed by atoms with Crippen molar-refractivity contribution in [3.05, 3.63) is 70.9 Å². The van der Waals surface area contributed by atoms with E-state index in [-0.39, 0.29) is 5.91 Å². The van der Waals surface area contributed by atoms with Gasteiger partial charge in [0.15, 0.2) is 0 Å². The first kappa shape index (κ1) is 18.0. The number of amides is 1. The molecule has 0 unspecified atom stereocenters. The summed E-state index contributed by atoms with van der Waals surface area (Å²) in [5.41, 5.74) is 3.39. The fourth-order valence-electron chi connectivity index (χ4n) is 2.97. The standard InChI is InChI=1S/C21H16ClN3O3/c1-12-19-15(20(26)23-14-8-9-18(27-2)16(22)10-14)11-17(24-21(19)28-25-12)13-6-4-3-5-7-13/h3-11H,1-2H3,(H,23,26). The molecule has 0 radical (unpaired) electrons. The first-order valence-electron chi connectivity index (χ1n) is 8.54. The van der Waals surface area contributed by atoms with E-state index in [0.717, 1.165) is 5.56 Å². The van der Waals surface area contributed by atoms with Crippen molar-refractivity contribution in [2.24, 2.45) is 0 Å². The van der Waals surface area contributed by atoms with Crippen LogP contribution in [0.1, 0.15) is 16.1 Å². The lowest BCUT2D eigenvalue weighted by atomic mass is 10.0. The third-order valence-electron chi connectivity index (χ3n) is 4.34. The Morgan fingerprint density at radius 2 is 1.93 bits per heavy atom. The van der Waals surface area contributed by atoms with Gasteiger partial charge in [-0.05, 0) is 31.2 Å². The van der Waals surface area contributed by atoms with E-state index in [9.17, 15) is 4.79 Å². The number of aryl methyl sites for hydroxylation is 1. The number of nitrogens with zero attached hydrogens (tertiary/aromatic N) is 2. The predicted molar refractivity (Wildman–Crippen MR) is 108 cm³/mol. The number of carbonyl (C=O) groups excluding carboxylic acids is 1. The Morgan fingerprint density at radius 1 is 1.14 bits per heavy atom. The largest absolute Gasteiger partial charge is 0.495 e. The Labute approximate surface area is 166 Å². The molecule has 4 rings (SSSR count). The van der Waals surface area contributed by atoms with Gasteiger partial charge in [-0.25, -0.2) is 4.98 Å². The van der Waals surface area contributed by atoms with E-state index in [2.05, 4.69) is 15.5 Å². The molecule has 0 atom stereocenters. The highest BCUT2D eigenvalue weighted by molar-refractivity contribution is 6.32. The average molecular weight is 394 g/mol. The Morgan fingerprint density at radius 3 is 2.64 bits per heavy atom. The van der Waals surface area contributed by atoms with Gasteiger partial charge in [0.1, 0.15) is 5.75 Å². The summed E-state index contributed by atoms with van der Waals surface area (Å²) in [6, 6.07) is 16.4. The number of halogens is 1. The van der Waals surface area contributed by atoms with E-state index < -0.39 is 0 Å². The first-order valence-corrected chi connectivity index (χ1v) is 8.92. The van der Waals surface area contributed by atoms with Crippen molar-refractivity contribution in [2.45, 2.75) is 6.92 Å². The summed E-state index contributed by atoms with van der Waals surface area (Å²) in [5.74, 6) is 0.226. The number of fused-ring (bicyclic) bond motifs is 1. The normalized spacial score (nSPS) is 10.8. The lowest BCUT2D eigenvalue weighted by Gasteiger charge is -2.10. The van der Waals surface area contributed by atoms with Crippen LogP contribution in [0.25, 0.3) is 22.4 Å². The second kappa shape index (κ2) is 7.32. The molecule has 0 aliphatic rings. The van der Waals surface area contributed by atoms with Gasteiger partial charge in [0.05, 0.1) is 34.5 Å². The summed E-state index contributed by atoms with van der Waals surface area (Å²) >= 11 is 6.16. The molecule has 0 fully saturated rings. The molecule has 0 aliphatic carbocycles. The first-order chi connectivity index (χ1) is 13.6. The van der Waals surface area contributed by atoms with E-state index >= 15 is 0 Å². The van der Waals surface area contributed by atoms with Crippen LogP contribution in [0, 0.1) is 6.92 Å². The van der Waals surface area contributed by atoms with Crippen LogP contribution in [0.2, 0.25) is 5.02 Å². The Bertz CT molecular complexity index is 1170. The summed E-state index contributed by atoms with van der Waals surface area (Å²) in [5, 5.41) is 7.81. The van der Waals surface area contributed by atoms with E-state index in [1.807, 2.05) is 30.3 Å². The van der Waals surface area contributed by atoms with Crippen LogP contribution in [0.15, 0.2) is 59.1 Å². The molecule has 1 amide bonds. The van der Waals surface area contributed by atoms with Gasteiger partial charge in [0.2, 0.25) is 0 Å². The molecule has 7 heteroatoms. The monoisotopic (exact) mass is 393 g/mol. The van der Waals surface area contributed by atoms with Gasteiger partial charge in [-0.1, -0.05) is 47.1 Å². The molecule has 2 aromatic carbocycles. The van der Waals surface area contributed by atoms with Crippen molar-refractivity contribution in [3.8, 4) is 17.0 Å². The fraction of sp³-hybridized carbons (Fsp3) is 0.0952. The molecule has 1 N–H and O–H groups in total. The molecule has 28 heavy (non-hydrogen) atoms. The molecule has 2 heterocycles. The number of nitrogens with one attached hydrogen (secondary N) is 1. The minimum atomic E-state index is -0.308. The van der Waals surface area contributed by atoms with Crippen molar-refractivity contribution < 1.29 is 14.1 Å². The van der Waals surface area contributed by atoms with Gasteiger partial charge in [0, 0.05) is 11.3 Å². The number of benzene rings is 2. The van der Waals surface area contributed by atoms with Crippen LogP contribution >= 0.6 is 11.6 Å². The molecular formula is C21H16ClN3O3. The summed E-state index contributed by atoms with van der Waals surface area (Å²) in [6.07, 6.45) is 0. The zero-order valence-corrected chi connectivity index (χ0v) is 15.9. The van der Waals surface area contributed by atoms with E-state index in [1.165, 1.54) is 7.11 Å². The fourth-order valence-corrected chi connectivity index (χ4v) is 3.23. The zero-order valence-electron chi connectivity index (χ0n) is 15.2. The van der Waals surface area contributed by atoms with Crippen molar-refractivity contribution in [3.63, 3.8) is 0 Å². The molecular weight excluding hydrogens is 378 g/mol. The van der Waals surface area contributed by atoms with Gasteiger partial charge in [-0.15, -0.1) is 0 Å². The highest BCUT2D eigenvalue weighted by atomic mass is 35.5. The number of rotatable bonds is 4. The summed E-state index contributed by atoms with van der Waals surface area (Å²) in [7, 11) is 1.53. The predicted octanol–water partition coefficient (Wildman–Crippen LogP) is 5.11. The maximum Gasteiger partial charge on any atom is 0.259 e. The molecule has 2 aromatic heterocycles. The number of hydrogen-bond donors (Lipinski definition) is 1. The molecule has 0 saturated heterocycles. The molecule has 140 valence electrons. The van der Waals surface area contributed by atoms with Crippen LogP contribution in [0.3, 0.4) is 0 Å². The van der Waals surface area contributed by atoms with Crippen LogP contribution in [-0.2, 0) is 0 Å². The highest BCUT2D eigenvalue weighted by Gasteiger charge is 2.19. The third kappa shape index (κ3) is 3.30. The smallest absolute Gasteiger partial charge is 0.259 e. The van der Waals surface area contributed by atoms with Crippen LogP contribution in [0.5, 0.6) is 5.75 Å². The Balaban J connectivity index is 1.77. The van der Waals surface area contributed by atoms with E-state index in [1.54, 1.807) is 31.2 Å². The highest BCUT2D eigenvalue weighted by Crippen LogP contribution is 2.30. The van der Waals surface area contributed by atoms with Crippen molar-refractivity contribution in [2.75, 3.05) is 12.4 Å². The number of ether oxygens (including phenoxy) is 1. The quantitative estimate of drug-likeness (QED) is 0.521. The number of methoxy groups -OCH3 is 1. The Hall–Kier alpha value is -3.38. The number of carbonyl (C=O) groups is 1. The number of anilines is 1. The number of aromatic nitrogens is 2. The van der Waals surface area contributed by atoms with E-state index in [0.29, 0.717) is 44.5 Å². The third-order valence-corrected chi connectivity index (χ3v) is 4.64. The van der Waals surface area contributed by atoms with Crippen LogP contribution < -0.4 is 10.1 Å². The minimum absolute atomic E-state index is 0.308. The van der Waals surface area contributed by atoms with Crippen molar-refractivity contribution in [1.82, 2.24) is 10.1 Å². The summed E-state index contributed by atoms with van der Waals surface area (Å²) < 4.78 is 10.5. The molecule has 4 aromatic rings. The summed E-state index contributed by atoms with van der Waals surface area (Å²) in [4.78, 5) is 17.6. The minimum Gasteiger partial charge on any atom is -0.495 e. The van der Waals surface area contributed by atoms with E-state index in [4.69, 9.17) is 20.9 Å². The molecule has 0 spiro atoms. The van der Waals surface area contributed by atoms with Gasteiger partial charge < -0.3 is 14.6 Å². The topological polar surface area (TPSA) is 77.2 Å². The van der Waals surface area contributed by atoms with Crippen LogP contribution in [0.4, 0.5) is 5.69 Å². The Kier molecular flexibility index (Phi) is 4.71. The van der Waals surface area contributed by atoms with Crippen LogP contribution in [-0.4, -0.2) is 23.2 Å². The molecule has 6 nitrogen and oxygen atoms in total. The second-order valence-corrected chi connectivity index (χ2v) is 6.58. The average Bonchev–Trinajstić information content (AvgIpc) is 3.09. The SMILES string of the molecule is COc1ccc(NC(=O)c2cc(-c3ccccc3)nc3onc(C)c23)cc1Cl. The molecule has 0 saturated carbocycles.